The van der Waals surface area contributed by atoms with Crippen LogP contribution in [0.1, 0.15) is 39.0 Å². The minimum Gasteiger partial charge on any atom is -0.465 e. The van der Waals surface area contributed by atoms with E-state index < -0.39 is 11.9 Å². The molecular formula is C25H22N4O4. The predicted molar refractivity (Wildman–Crippen MR) is 125 cm³/mol. The lowest BCUT2D eigenvalue weighted by molar-refractivity contribution is 0.0602. The molecule has 1 amide bonds. The van der Waals surface area contributed by atoms with Gasteiger partial charge in [-0.15, -0.1) is 4.91 Å². The number of ether oxygens (including phenoxy) is 1. The molecule has 1 heterocycles. The number of fused-ring (bicyclic) bond motifs is 1. The van der Waals surface area contributed by atoms with Gasteiger partial charge in [0.1, 0.15) is 5.82 Å². The summed E-state index contributed by atoms with van der Waals surface area (Å²) in [5.74, 6) is -0.234. The van der Waals surface area contributed by atoms with Crippen LogP contribution in [0, 0.1) is 4.91 Å². The lowest BCUT2D eigenvalue weighted by Crippen LogP contribution is -2.18. The summed E-state index contributed by atoms with van der Waals surface area (Å²) in [6, 6.07) is 20.2. The van der Waals surface area contributed by atoms with E-state index in [1.54, 1.807) is 18.2 Å². The van der Waals surface area contributed by atoms with E-state index in [1.165, 1.54) is 7.11 Å². The molecule has 0 atom stereocenters. The van der Waals surface area contributed by atoms with Gasteiger partial charge in [-0.3, -0.25) is 4.79 Å². The lowest BCUT2D eigenvalue weighted by Gasteiger charge is -2.14. The third kappa shape index (κ3) is 4.23. The van der Waals surface area contributed by atoms with Gasteiger partial charge in [-0.05, 0) is 34.9 Å². The fraction of sp³-hybridized carbons (Fsp3) is 0.160. The first-order valence-corrected chi connectivity index (χ1v) is 10.4. The number of carbonyl (C=O) groups excluding carboxylic acids is 2. The van der Waals surface area contributed by atoms with Gasteiger partial charge in [-0.1, -0.05) is 55.5 Å². The molecule has 3 aromatic carbocycles. The zero-order valence-corrected chi connectivity index (χ0v) is 18.2. The molecular weight excluding hydrogens is 420 g/mol. The quantitative estimate of drug-likeness (QED) is 0.258. The van der Waals surface area contributed by atoms with Gasteiger partial charge >= 0.3 is 5.97 Å². The second kappa shape index (κ2) is 9.44. The highest BCUT2D eigenvalue weighted by molar-refractivity contribution is 6.02. The zero-order chi connectivity index (χ0) is 23.4. The third-order valence-corrected chi connectivity index (χ3v) is 5.47. The van der Waals surface area contributed by atoms with Crippen molar-refractivity contribution in [3.8, 4) is 11.1 Å². The molecule has 0 saturated heterocycles. The molecule has 0 aliphatic carbocycles. The highest BCUT2D eigenvalue weighted by Gasteiger charge is 2.19. The average molecular weight is 442 g/mol. The molecule has 0 saturated carbocycles. The fourth-order valence-electron chi connectivity index (χ4n) is 3.98. The van der Waals surface area contributed by atoms with Crippen LogP contribution in [-0.4, -0.2) is 28.5 Å². The number of carbonyl (C=O) groups is 2. The van der Waals surface area contributed by atoms with E-state index >= 15 is 0 Å². The number of imidazole rings is 1. The predicted octanol–water partition coefficient (Wildman–Crippen LogP) is 4.51. The van der Waals surface area contributed by atoms with E-state index in [0.29, 0.717) is 40.7 Å². The highest BCUT2D eigenvalue weighted by Crippen LogP contribution is 2.27. The monoisotopic (exact) mass is 442 g/mol. The Morgan fingerprint density at radius 2 is 1.82 bits per heavy atom. The first-order chi connectivity index (χ1) is 16.1. The van der Waals surface area contributed by atoms with E-state index in [1.807, 2.05) is 65.4 Å². The summed E-state index contributed by atoms with van der Waals surface area (Å²) in [6.07, 6.45) is 0.653. The van der Waals surface area contributed by atoms with Crippen LogP contribution in [0.25, 0.3) is 22.2 Å². The van der Waals surface area contributed by atoms with Crippen molar-refractivity contribution in [3.05, 3.63) is 94.2 Å². The van der Waals surface area contributed by atoms with Gasteiger partial charge in [-0.25, -0.2) is 15.2 Å². The standard InChI is InChI=1S/C25H22N4O4/c1-3-22-26-21-11-7-10-19(25(31)33-2)23(21)29(22)15-16-12-13-18(17-8-5-4-6-9-17)20(14-16)24(30)27-28-32/h4-14H,3,15H2,1-2H3,(H,27,30,32). The van der Waals surface area contributed by atoms with Crippen LogP contribution in [0.3, 0.4) is 0 Å². The normalized spacial score (nSPS) is 10.7. The van der Waals surface area contributed by atoms with E-state index in [0.717, 1.165) is 17.0 Å². The van der Waals surface area contributed by atoms with Crippen molar-refractivity contribution in [1.29, 1.82) is 0 Å². The number of amides is 1. The SMILES string of the molecule is CCc1nc2cccc(C(=O)OC)c2n1Cc1ccc(-c2ccccc2)c(C(=O)NN=O)c1. The number of nitroso groups, excluding NO2 is 1. The highest BCUT2D eigenvalue weighted by atomic mass is 16.5. The van der Waals surface area contributed by atoms with Crippen molar-refractivity contribution in [3.63, 3.8) is 0 Å². The number of nitrogens with zero attached hydrogens (tertiary/aromatic N) is 3. The molecule has 0 bridgehead atoms. The van der Waals surface area contributed by atoms with Crippen LogP contribution in [0.15, 0.2) is 72.0 Å². The van der Waals surface area contributed by atoms with E-state index in [-0.39, 0.29) is 0 Å². The Labute approximate surface area is 190 Å². The van der Waals surface area contributed by atoms with Crippen LogP contribution in [-0.2, 0) is 17.7 Å². The Kier molecular flexibility index (Phi) is 6.26. The van der Waals surface area contributed by atoms with Crippen molar-refractivity contribution in [2.24, 2.45) is 5.29 Å². The summed E-state index contributed by atoms with van der Waals surface area (Å²) >= 11 is 0. The number of hydrogen-bond acceptors (Lipinski definition) is 6. The number of benzene rings is 3. The Bertz CT molecular complexity index is 1350. The van der Waals surface area contributed by atoms with Crippen LogP contribution in [0.4, 0.5) is 0 Å². The molecule has 0 fully saturated rings. The Morgan fingerprint density at radius 3 is 2.52 bits per heavy atom. The molecule has 166 valence electrons. The zero-order valence-electron chi connectivity index (χ0n) is 18.2. The Hall–Kier alpha value is -4.33. The molecule has 0 aliphatic rings. The van der Waals surface area contributed by atoms with Gasteiger partial charge in [0.25, 0.3) is 5.91 Å². The lowest BCUT2D eigenvalue weighted by atomic mass is 9.97. The Balaban J connectivity index is 1.84. The molecule has 1 N–H and O–H groups in total. The first kappa shape index (κ1) is 21.9. The Morgan fingerprint density at radius 1 is 1.03 bits per heavy atom. The summed E-state index contributed by atoms with van der Waals surface area (Å²) in [5, 5.41) is 2.54. The van der Waals surface area contributed by atoms with Crippen LogP contribution >= 0.6 is 0 Å². The molecule has 0 unspecified atom stereocenters. The molecule has 1 aromatic heterocycles. The third-order valence-electron chi connectivity index (χ3n) is 5.47. The number of rotatable bonds is 7. The summed E-state index contributed by atoms with van der Waals surface area (Å²) in [6.45, 7) is 2.36. The smallest absolute Gasteiger partial charge is 0.340 e. The minimum absolute atomic E-state index is 0.328. The summed E-state index contributed by atoms with van der Waals surface area (Å²) in [5.41, 5.74) is 6.44. The van der Waals surface area contributed by atoms with Crippen LogP contribution in [0.2, 0.25) is 0 Å². The second-order valence-corrected chi connectivity index (χ2v) is 7.41. The summed E-state index contributed by atoms with van der Waals surface area (Å²) in [7, 11) is 1.34. The number of nitrogens with one attached hydrogen (secondary N) is 1. The molecule has 0 radical (unpaired) electrons. The minimum atomic E-state index is -0.591. The maximum atomic E-state index is 12.6. The fourth-order valence-corrected chi connectivity index (χ4v) is 3.98. The molecule has 0 spiro atoms. The van der Waals surface area contributed by atoms with Crippen molar-refractivity contribution >= 4 is 22.9 Å². The first-order valence-electron chi connectivity index (χ1n) is 10.4. The van der Waals surface area contributed by atoms with Gasteiger partial charge < -0.3 is 9.30 Å². The number of esters is 1. The largest absolute Gasteiger partial charge is 0.465 e. The maximum Gasteiger partial charge on any atom is 0.340 e. The molecule has 8 nitrogen and oxygen atoms in total. The molecule has 4 aromatic rings. The van der Waals surface area contributed by atoms with Crippen molar-refractivity contribution in [1.82, 2.24) is 15.0 Å². The summed E-state index contributed by atoms with van der Waals surface area (Å²) in [4.78, 5) is 40.4. The maximum absolute atomic E-state index is 12.6. The number of para-hydroxylation sites is 1. The topological polar surface area (TPSA) is 103 Å². The van der Waals surface area contributed by atoms with Gasteiger partial charge in [-0.2, -0.15) is 0 Å². The number of aryl methyl sites for hydroxylation is 1. The number of aromatic nitrogens is 2. The molecule has 0 aliphatic heterocycles. The molecule has 4 rings (SSSR count). The van der Waals surface area contributed by atoms with Gasteiger partial charge in [0.15, 0.2) is 0 Å². The van der Waals surface area contributed by atoms with E-state index in [4.69, 9.17) is 4.74 Å². The van der Waals surface area contributed by atoms with Gasteiger partial charge in [0.2, 0.25) is 0 Å². The van der Waals surface area contributed by atoms with Gasteiger partial charge in [0, 0.05) is 18.5 Å². The average Bonchev–Trinajstić information content (AvgIpc) is 3.21. The number of hydrogen-bond donors (Lipinski definition) is 1. The number of methoxy groups -OCH3 is 1. The summed E-state index contributed by atoms with van der Waals surface area (Å²) < 4.78 is 6.92. The van der Waals surface area contributed by atoms with Crippen molar-refractivity contribution in [2.75, 3.05) is 7.11 Å². The van der Waals surface area contributed by atoms with E-state index in [2.05, 4.69) is 10.3 Å². The van der Waals surface area contributed by atoms with E-state index in [9.17, 15) is 14.5 Å². The van der Waals surface area contributed by atoms with Crippen LogP contribution < -0.4 is 5.43 Å². The second-order valence-electron chi connectivity index (χ2n) is 7.41. The molecule has 33 heavy (non-hydrogen) atoms. The molecule has 8 heteroatoms. The van der Waals surface area contributed by atoms with Crippen molar-refractivity contribution < 1.29 is 14.3 Å². The van der Waals surface area contributed by atoms with Gasteiger partial charge in [0.05, 0.1) is 29.0 Å². The van der Waals surface area contributed by atoms with Crippen LogP contribution in [0.5, 0.6) is 0 Å². The van der Waals surface area contributed by atoms with Crippen molar-refractivity contribution in [2.45, 2.75) is 19.9 Å².